The maximum atomic E-state index is 12.4. The number of rotatable bonds is 6. The molecule has 8 nitrogen and oxygen atoms in total. The van der Waals surface area contributed by atoms with Crippen molar-refractivity contribution in [3.05, 3.63) is 64.2 Å². The van der Waals surface area contributed by atoms with Crippen molar-refractivity contribution < 1.29 is 14.6 Å². The zero-order valence-corrected chi connectivity index (χ0v) is 20.9. The van der Waals surface area contributed by atoms with E-state index in [2.05, 4.69) is 5.10 Å². The lowest BCUT2D eigenvalue weighted by Crippen LogP contribution is -2.28. The molecule has 3 aromatic heterocycles. The Hall–Kier alpha value is -3.23. The smallest absolute Gasteiger partial charge is 0.337 e. The van der Waals surface area contributed by atoms with Gasteiger partial charge in [-0.25, -0.2) is 14.5 Å². The van der Waals surface area contributed by atoms with Gasteiger partial charge in [-0.2, -0.15) is 10.2 Å². The molecule has 0 amide bonds. The molecule has 0 aliphatic carbocycles. The van der Waals surface area contributed by atoms with E-state index < -0.39 is 17.7 Å². The third-order valence-electron chi connectivity index (χ3n) is 5.46. The van der Waals surface area contributed by atoms with E-state index in [-0.39, 0.29) is 0 Å². The lowest BCUT2D eigenvalue weighted by Gasteiger charge is -2.28. The summed E-state index contributed by atoms with van der Waals surface area (Å²) in [6, 6.07) is 7.35. The molecule has 0 fully saturated rings. The highest BCUT2D eigenvalue weighted by Crippen LogP contribution is 2.40. The number of carbonyl (C=O) groups is 1. The molecule has 178 valence electrons. The normalized spacial score (nSPS) is 12.9. The minimum Gasteiger partial charge on any atom is -0.479 e. The Morgan fingerprint density at radius 3 is 2.41 bits per heavy atom. The number of carboxylic acids is 1. The number of hydrogen-bond acceptors (Lipinski definition) is 5. The van der Waals surface area contributed by atoms with Gasteiger partial charge in [0.1, 0.15) is 0 Å². The molecule has 1 atom stereocenters. The molecule has 4 aromatic rings. The van der Waals surface area contributed by atoms with Gasteiger partial charge in [0.15, 0.2) is 11.8 Å². The Morgan fingerprint density at radius 1 is 1.18 bits per heavy atom. The second-order valence-corrected chi connectivity index (χ2v) is 9.84. The van der Waals surface area contributed by atoms with Crippen LogP contribution in [0.5, 0.6) is 0 Å². The predicted molar refractivity (Wildman–Crippen MR) is 131 cm³/mol. The molecule has 1 aromatic carbocycles. The molecule has 0 bridgehead atoms. The SMILES string of the molecule is Cc1nc2c(c(C)nn2Cc2cnn(C)c2)c(-c2ccc(Cl)cc2)c1[C@H](OC(C)(C)C)C(=O)O. The van der Waals surface area contributed by atoms with E-state index in [4.69, 9.17) is 26.4 Å². The molecule has 0 saturated carbocycles. The van der Waals surface area contributed by atoms with Crippen molar-refractivity contribution in [2.75, 3.05) is 0 Å². The van der Waals surface area contributed by atoms with Crippen molar-refractivity contribution >= 4 is 28.6 Å². The van der Waals surface area contributed by atoms with Crippen molar-refractivity contribution in [2.24, 2.45) is 7.05 Å². The average molecular weight is 482 g/mol. The quantitative estimate of drug-likeness (QED) is 0.412. The maximum absolute atomic E-state index is 12.4. The summed E-state index contributed by atoms with van der Waals surface area (Å²) in [6.45, 7) is 9.72. The monoisotopic (exact) mass is 481 g/mol. The first-order valence-electron chi connectivity index (χ1n) is 11.0. The van der Waals surface area contributed by atoms with Crippen LogP contribution in [0.3, 0.4) is 0 Å². The number of halogens is 1. The van der Waals surface area contributed by atoms with Crippen molar-refractivity contribution in [3.8, 4) is 11.1 Å². The van der Waals surface area contributed by atoms with Crippen LogP contribution in [0.1, 0.15) is 49.4 Å². The largest absolute Gasteiger partial charge is 0.479 e. The molecule has 3 heterocycles. The van der Waals surface area contributed by atoms with E-state index >= 15 is 0 Å². The highest BCUT2D eigenvalue weighted by molar-refractivity contribution is 6.30. The highest BCUT2D eigenvalue weighted by Gasteiger charge is 2.33. The number of carboxylic acid groups (broad SMARTS) is 1. The minimum atomic E-state index is -1.20. The van der Waals surface area contributed by atoms with Gasteiger partial charge in [-0.1, -0.05) is 23.7 Å². The molecule has 0 spiro atoms. The van der Waals surface area contributed by atoms with Crippen LogP contribution in [0.15, 0.2) is 36.7 Å². The van der Waals surface area contributed by atoms with E-state index in [0.29, 0.717) is 28.5 Å². The van der Waals surface area contributed by atoms with Crippen LogP contribution < -0.4 is 0 Å². The van der Waals surface area contributed by atoms with Gasteiger partial charge in [-0.3, -0.25) is 4.68 Å². The zero-order valence-electron chi connectivity index (χ0n) is 20.1. The van der Waals surface area contributed by atoms with Gasteiger partial charge < -0.3 is 9.84 Å². The lowest BCUT2D eigenvalue weighted by atomic mass is 9.91. The Morgan fingerprint density at radius 2 is 1.85 bits per heavy atom. The Labute approximate surface area is 203 Å². The number of hydrogen-bond donors (Lipinski definition) is 1. The fraction of sp³-hybridized carbons (Fsp3) is 0.360. The summed E-state index contributed by atoms with van der Waals surface area (Å²) >= 11 is 6.16. The summed E-state index contributed by atoms with van der Waals surface area (Å²) in [5.74, 6) is -1.07. The molecule has 9 heteroatoms. The summed E-state index contributed by atoms with van der Waals surface area (Å²) in [5.41, 5.74) is 4.38. The van der Waals surface area contributed by atoms with Crippen LogP contribution in [-0.2, 0) is 23.1 Å². The third kappa shape index (κ3) is 4.69. The standard InChI is InChI=1S/C25H28ClN5O3/c1-14-19(22(24(32)33)34-25(3,4)5)21(17-7-9-18(26)10-8-17)20-15(2)29-31(23(20)28-14)13-16-11-27-30(6)12-16/h7-12,22H,13H2,1-6H3,(H,32,33)/t22-/m0/s1. The maximum Gasteiger partial charge on any atom is 0.337 e. The highest BCUT2D eigenvalue weighted by atomic mass is 35.5. The van der Waals surface area contributed by atoms with Crippen LogP contribution >= 0.6 is 11.6 Å². The van der Waals surface area contributed by atoms with Gasteiger partial charge in [0.25, 0.3) is 0 Å². The number of fused-ring (bicyclic) bond motifs is 1. The van der Waals surface area contributed by atoms with E-state index in [1.807, 2.05) is 64.7 Å². The predicted octanol–water partition coefficient (Wildman–Crippen LogP) is 5.09. The molecule has 0 aliphatic rings. The molecule has 0 aliphatic heterocycles. The van der Waals surface area contributed by atoms with Crippen molar-refractivity contribution in [3.63, 3.8) is 0 Å². The first kappa shape index (κ1) is 23.9. The minimum absolute atomic E-state index is 0.491. The molecular formula is C25H28ClN5O3. The van der Waals surface area contributed by atoms with Crippen LogP contribution in [0.4, 0.5) is 0 Å². The van der Waals surface area contributed by atoms with E-state index in [1.54, 1.807) is 23.0 Å². The second-order valence-electron chi connectivity index (χ2n) is 9.41. The Bertz CT molecular complexity index is 1370. The zero-order chi connectivity index (χ0) is 24.8. The number of nitrogens with zero attached hydrogens (tertiary/aromatic N) is 5. The molecule has 34 heavy (non-hydrogen) atoms. The lowest BCUT2D eigenvalue weighted by molar-refractivity contribution is -0.160. The number of aryl methyl sites for hydroxylation is 3. The number of pyridine rings is 1. The average Bonchev–Trinajstić information content (AvgIpc) is 3.28. The molecule has 4 rings (SSSR count). The molecule has 0 saturated heterocycles. The van der Waals surface area contributed by atoms with Crippen LogP contribution in [0, 0.1) is 13.8 Å². The van der Waals surface area contributed by atoms with Crippen molar-refractivity contribution in [1.29, 1.82) is 0 Å². The van der Waals surface area contributed by atoms with Crippen LogP contribution in [0.2, 0.25) is 5.02 Å². The molecular weight excluding hydrogens is 454 g/mol. The summed E-state index contributed by atoms with van der Waals surface area (Å²) < 4.78 is 9.61. The molecule has 1 N–H and O–H groups in total. The summed E-state index contributed by atoms with van der Waals surface area (Å²) in [4.78, 5) is 17.3. The summed E-state index contributed by atoms with van der Waals surface area (Å²) in [5, 5.41) is 20.6. The van der Waals surface area contributed by atoms with Crippen molar-refractivity contribution in [2.45, 2.75) is 52.9 Å². The topological polar surface area (TPSA) is 95.1 Å². The number of ether oxygens (including phenoxy) is 1. The fourth-order valence-corrected chi connectivity index (χ4v) is 4.30. The van der Waals surface area contributed by atoms with E-state index in [1.165, 1.54) is 0 Å². The Balaban J connectivity index is 2.02. The van der Waals surface area contributed by atoms with Crippen LogP contribution in [0.25, 0.3) is 22.2 Å². The van der Waals surface area contributed by atoms with E-state index in [0.717, 1.165) is 27.8 Å². The summed E-state index contributed by atoms with van der Waals surface area (Å²) in [6.07, 6.45) is 2.52. The number of aromatic nitrogens is 5. The summed E-state index contributed by atoms with van der Waals surface area (Å²) in [7, 11) is 1.87. The van der Waals surface area contributed by atoms with Gasteiger partial charge >= 0.3 is 5.97 Å². The number of aliphatic carboxylic acids is 1. The van der Waals surface area contributed by atoms with Crippen LogP contribution in [-0.4, -0.2) is 41.2 Å². The van der Waals surface area contributed by atoms with Gasteiger partial charge in [-0.05, 0) is 52.3 Å². The second kappa shape index (κ2) is 8.85. The molecule has 0 unspecified atom stereocenters. The first-order chi connectivity index (χ1) is 15.9. The number of benzene rings is 1. The fourth-order valence-electron chi connectivity index (χ4n) is 4.17. The van der Waals surface area contributed by atoms with E-state index in [9.17, 15) is 9.90 Å². The molecule has 0 radical (unpaired) electrons. The first-order valence-corrected chi connectivity index (χ1v) is 11.3. The third-order valence-corrected chi connectivity index (χ3v) is 5.72. The van der Waals surface area contributed by atoms with Gasteiger partial charge in [0.2, 0.25) is 0 Å². The Kier molecular flexibility index (Phi) is 6.22. The van der Waals surface area contributed by atoms with Gasteiger partial charge in [0.05, 0.1) is 29.4 Å². The van der Waals surface area contributed by atoms with Crippen molar-refractivity contribution in [1.82, 2.24) is 24.5 Å². The van der Waals surface area contributed by atoms with Gasteiger partial charge in [-0.15, -0.1) is 0 Å². The van der Waals surface area contributed by atoms with Gasteiger partial charge in [0, 0.05) is 40.7 Å².